The molecule has 8 heteroatoms. The Hall–Kier alpha value is -2.81. The van der Waals surface area contributed by atoms with Crippen molar-refractivity contribution in [2.75, 3.05) is 11.9 Å². The number of anilines is 1. The fourth-order valence-electron chi connectivity index (χ4n) is 4.17. The molecule has 168 valence electrons. The summed E-state index contributed by atoms with van der Waals surface area (Å²) in [7, 11) is 0. The second-order valence-corrected chi connectivity index (χ2v) is 10.6. The van der Waals surface area contributed by atoms with Gasteiger partial charge in [0.2, 0.25) is 5.91 Å². The number of rotatable bonds is 6. The number of amides is 1. The Kier molecular flexibility index (Phi) is 6.39. The van der Waals surface area contributed by atoms with Gasteiger partial charge in [0.05, 0.1) is 26.3 Å². The van der Waals surface area contributed by atoms with Gasteiger partial charge in [0, 0.05) is 35.8 Å². The van der Waals surface area contributed by atoms with Crippen molar-refractivity contribution in [3.05, 3.63) is 83.2 Å². The van der Waals surface area contributed by atoms with Crippen LogP contribution in [-0.2, 0) is 11.3 Å². The largest absolute Gasteiger partial charge is 0.325 e. The molecule has 2 aromatic carbocycles. The standard InChI is InChI=1S/C25H23FN4OS2/c1-16-28-21-12-18(9-10-23(21)32-16)29-25(31)22-13-19(33-24-8-4-5-11-27-24)15-30(22)14-17-6-2-3-7-20(17)26/h2-12,19,22H,13-15H2,1H3,(H,29,31)/t19-,22+/m1/s1. The van der Waals surface area contributed by atoms with Gasteiger partial charge in [-0.05, 0) is 49.7 Å². The second kappa shape index (κ2) is 9.59. The van der Waals surface area contributed by atoms with Crippen molar-refractivity contribution in [1.82, 2.24) is 14.9 Å². The molecular formula is C25H23FN4OS2. The lowest BCUT2D eigenvalue weighted by atomic mass is 10.1. The predicted octanol–water partition coefficient (Wildman–Crippen LogP) is 5.51. The maximum atomic E-state index is 14.4. The number of thiazole rings is 1. The number of thioether (sulfide) groups is 1. The molecule has 0 unspecified atom stereocenters. The third kappa shape index (κ3) is 5.08. The van der Waals surface area contributed by atoms with Crippen molar-refractivity contribution in [2.45, 2.75) is 36.2 Å². The molecule has 0 spiro atoms. The Morgan fingerprint density at radius 3 is 2.88 bits per heavy atom. The van der Waals surface area contributed by atoms with E-state index in [1.54, 1.807) is 41.4 Å². The highest BCUT2D eigenvalue weighted by atomic mass is 32.2. The average Bonchev–Trinajstić information content (AvgIpc) is 3.38. The fraction of sp³-hybridized carbons (Fsp3) is 0.240. The molecule has 0 bridgehead atoms. The molecule has 0 aliphatic carbocycles. The van der Waals surface area contributed by atoms with E-state index < -0.39 is 0 Å². The van der Waals surface area contributed by atoms with Crippen molar-refractivity contribution in [1.29, 1.82) is 0 Å². The second-order valence-electron chi connectivity index (χ2n) is 8.08. The Morgan fingerprint density at radius 2 is 2.06 bits per heavy atom. The van der Waals surface area contributed by atoms with Crippen molar-refractivity contribution < 1.29 is 9.18 Å². The van der Waals surface area contributed by atoms with Gasteiger partial charge in [0.15, 0.2) is 0 Å². The summed E-state index contributed by atoms with van der Waals surface area (Å²) in [6, 6.07) is 18.0. The van der Waals surface area contributed by atoms with Gasteiger partial charge in [-0.2, -0.15) is 0 Å². The molecule has 1 aliphatic rings. The highest BCUT2D eigenvalue weighted by Gasteiger charge is 2.37. The summed E-state index contributed by atoms with van der Waals surface area (Å²) >= 11 is 3.30. The van der Waals surface area contributed by atoms with Crippen LogP contribution in [0, 0.1) is 12.7 Å². The number of aryl methyl sites for hydroxylation is 1. The Morgan fingerprint density at radius 1 is 1.21 bits per heavy atom. The van der Waals surface area contributed by atoms with Crippen LogP contribution in [-0.4, -0.2) is 38.6 Å². The predicted molar refractivity (Wildman–Crippen MR) is 132 cm³/mol. The zero-order chi connectivity index (χ0) is 22.8. The third-order valence-electron chi connectivity index (χ3n) is 5.69. The lowest BCUT2D eigenvalue weighted by molar-refractivity contribution is -0.120. The molecule has 1 aliphatic heterocycles. The zero-order valence-corrected chi connectivity index (χ0v) is 19.7. The monoisotopic (exact) mass is 478 g/mol. The normalized spacial score (nSPS) is 18.6. The number of carbonyl (C=O) groups excluding carboxylic acids is 1. The first-order chi connectivity index (χ1) is 16.0. The number of hydrogen-bond acceptors (Lipinski definition) is 6. The molecule has 1 amide bonds. The fourth-order valence-corrected chi connectivity index (χ4v) is 6.15. The maximum Gasteiger partial charge on any atom is 0.241 e. The number of halogens is 1. The molecule has 1 saturated heterocycles. The first-order valence-corrected chi connectivity index (χ1v) is 12.5. The minimum Gasteiger partial charge on any atom is -0.325 e. The quantitative estimate of drug-likeness (QED) is 0.396. The van der Waals surface area contributed by atoms with E-state index in [9.17, 15) is 9.18 Å². The van der Waals surface area contributed by atoms with E-state index in [0.717, 1.165) is 25.9 Å². The van der Waals surface area contributed by atoms with Crippen LogP contribution in [0.5, 0.6) is 0 Å². The van der Waals surface area contributed by atoms with Gasteiger partial charge in [-0.15, -0.1) is 23.1 Å². The maximum absolute atomic E-state index is 14.4. The van der Waals surface area contributed by atoms with Crippen LogP contribution in [0.2, 0.25) is 0 Å². The molecule has 0 saturated carbocycles. The number of benzene rings is 2. The number of likely N-dealkylation sites (tertiary alicyclic amines) is 1. The molecule has 5 rings (SSSR count). The van der Waals surface area contributed by atoms with E-state index in [4.69, 9.17) is 0 Å². The summed E-state index contributed by atoms with van der Waals surface area (Å²) in [6.07, 6.45) is 2.44. The number of nitrogens with zero attached hydrogens (tertiary/aromatic N) is 3. The molecule has 4 aromatic rings. The Bertz CT molecular complexity index is 1280. The van der Waals surface area contributed by atoms with E-state index in [-0.39, 0.29) is 23.0 Å². The lowest BCUT2D eigenvalue weighted by Gasteiger charge is -2.23. The summed E-state index contributed by atoms with van der Waals surface area (Å²) < 4.78 is 15.5. The van der Waals surface area contributed by atoms with Crippen LogP contribution >= 0.6 is 23.1 Å². The first kappa shape index (κ1) is 22.0. The lowest BCUT2D eigenvalue weighted by Crippen LogP contribution is -2.39. The van der Waals surface area contributed by atoms with Gasteiger partial charge < -0.3 is 5.32 Å². The molecule has 0 radical (unpaired) electrons. The van der Waals surface area contributed by atoms with Crippen LogP contribution in [0.3, 0.4) is 0 Å². The number of pyridine rings is 1. The Labute approximate surface area is 200 Å². The van der Waals surface area contributed by atoms with E-state index in [1.807, 2.05) is 49.4 Å². The van der Waals surface area contributed by atoms with Gasteiger partial charge in [0.1, 0.15) is 5.82 Å². The number of carbonyl (C=O) groups is 1. The molecule has 33 heavy (non-hydrogen) atoms. The molecule has 3 heterocycles. The highest BCUT2D eigenvalue weighted by Crippen LogP contribution is 2.34. The van der Waals surface area contributed by atoms with E-state index in [1.165, 1.54) is 6.07 Å². The molecule has 1 N–H and O–H groups in total. The minimum absolute atomic E-state index is 0.0817. The van der Waals surface area contributed by atoms with Crippen LogP contribution < -0.4 is 5.32 Å². The average molecular weight is 479 g/mol. The molecule has 5 nitrogen and oxygen atoms in total. The molecular weight excluding hydrogens is 455 g/mol. The molecule has 1 fully saturated rings. The van der Waals surface area contributed by atoms with Gasteiger partial charge in [0.25, 0.3) is 0 Å². The highest BCUT2D eigenvalue weighted by molar-refractivity contribution is 7.99. The van der Waals surface area contributed by atoms with Gasteiger partial charge in [-0.3, -0.25) is 9.69 Å². The topological polar surface area (TPSA) is 58.1 Å². The van der Waals surface area contributed by atoms with Crippen molar-refractivity contribution in [3.8, 4) is 0 Å². The number of hydrogen-bond donors (Lipinski definition) is 1. The molecule has 2 aromatic heterocycles. The zero-order valence-electron chi connectivity index (χ0n) is 18.1. The van der Waals surface area contributed by atoms with Gasteiger partial charge in [-0.1, -0.05) is 24.3 Å². The van der Waals surface area contributed by atoms with Crippen molar-refractivity contribution in [3.63, 3.8) is 0 Å². The van der Waals surface area contributed by atoms with E-state index in [0.29, 0.717) is 25.1 Å². The van der Waals surface area contributed by atoms with Gasteiger partial charge in [-0.25, -0.2) is 14.4 Å². The van der Waals surface area contributed by atoms with E-state index in [2.05, 4.69) is 20.2 Å². The van der Waals surface area contributed by atoms with Crippen LogP contribution in [0.4, 0.5) is 10.1 Å². The third-order valence-corrected chi connectivity index (χ3v) is 7.80. The van der Waals surface area contributed by atoms with Crippen LogP contribution in [0.15, 0.2) is 71.9 Å². The smallest absolute Gasteiger partial charge is 0.241 e. The van der Waals surface area contributed by atoms with Crippen LogP contribution in [0.25, 0.3) is 10.2 Å². The van der Waals surface area contributed by atoms with Gasteiger partial charge >= 0.3 is 0 Å². The number of fused-ring (bicyclic) bond motifs is 1. The summed E-state index contributed by atoms with van der Waals surface area (Å²) in [5.41, 5.74) is 2.20. The minimum atomic E-state index is -0.362. The summed E-state index contributed by atoms with van der Waals surface area (Å²) in [6.45, 7) is 3.04. The number of aromatic nitrogens is 2. The summed E-state index contributed by atoms with van der Waals surface area (Å²) in [5.74, 6) is -0.330. The SMILES string of the molecule is Cc1nc2cc(NC(=O)[C@@H]3C[C@@H](Sc4ccccn4)CN3Cc3ccccc3F)ccc2s1. The first-order valence-electron chi connectivity index (χ1n) is 10.8. The van der Waals surface area contributed by atoms with E-state index >= 15 is 0 Å². The molecule has 2 atom stereocenters. The summed E-state index contributed by atoms with van der Waals surface area (Å²) in [5, 5.41) is 5.18. The number of nitrogens with one attached hydrogen (secondary N) is 1. The summed E-state index contributed by atoms with van der Waals surface area (Å²) in [4.78, 5) is 24.4. The Balaban J connectivity index is 1.35. The van der Waals surface area contributed by atoms with Crippen molar-refractivity contribution in [2.24, 2.45) is 0 Å². The van der Waals surface area contributed by atoms with Crippen molar-refractivity contribution >= 4 is 44.9 Å². The van der Waals surface area contributed by atoms with Crippen LogP contribution in [0.1, 0.15) is 17.0 Å².